The molecule has 3 nitrogen and oxygen atoms in total. The van der Waals surface area contributed by atoms with E-state index in [0.717, 1.165) is 23.5 Å². The van der Waals surface area contributed by atoms with E-state index >= 15 is 0 Å². The highest BCUT2D eigenvalue weighted by atomic mass is 14.9. The monoisotopic (exact) mass is 277 g/mol. The largest absolute Gasteiger partial charge is 0.255 e. The van der Waals surface area contributed by atoms with Crippen LogP contribution in [0.2, 0.25) is 0 Å². The number of rotatable bonds is 3. The van der Waals surface area contributed by atoms with Gasteiger partial charge in [0.2, 0.25) is 0 Å². The Morgan fingerprint density at radius 2 is 1.76 bits per heavy atom. The summed E-state index contributed by atoms with van der Waals surface area (Å²) < 4.78 is 0. The van der Waals surface area contributed by atoms with E-state index in [-0.39, 0.29) is 0 Å². The molecule has 2 aromatic heterocycles. The second-order valence-electron chi connectivity index (χ2n) is 5.53. The van der Waals surface area contributed by atoms with Crippen LogP contribution in [0.25, 0.3) is 22.0 Å². The third-order valence-electron chi connectivity index (χ3n) is 3.74. The maximum atomic E-state index is 4.60. The molecule has 1 aromatic carbocycles. The predicted octanol–water partition coefficient (Wildman–Crippen LogP) is 4.38. The number of aryl methyl sites for hydroxylation is 1. The van der Waals surface area contributed by atoms with Crippen LogP contribution < -0.4 is 0 Å². The molecule has 0 saturated carbocycles. The summed E-state index contributed by atoms with van der Waals surface area (Å²) in [6, 6.07) is 8.53. The van der Waals surface area contributed by atoms with Crippen LogP contribution in [-0.4, -0.2) is 15.0 Å². The molecule has 0 aliphatic heterocycles. The van der Waals surface area contributed by atoms with Gasteiger partial charge in [0.05, 0.1) is 5.69 Å². The second kappa shape index (κ2) is 5.60. The standard InChI is InChI=1S/C18H19N3/c1-4-18-20-9-14(10-21-18)17-8-13-6-5-7-15(12(2)3)16(13)11-19-17/h5-12H,4H2,1-3H3. The number of nitrogens with zero attached hydrogens (tertiary/aromatic N) is 3. The summed E-state index contributed by atoms with van der Waals surface area (Å²) in [5.74, 6) is 1.36. The van der Waals surface area contributed by atoms with Gasteiger partial charge in [0, 0.05) is 36.0 Å². The Kier molecular flexibility index (Phi) is 3.65. The lowest BCUT2D eigenvalue weighted by molar-refractivity contribution is 0.876. The summed E-state index contributed by atoms with van der Waals surface area (Å²) in [5.41, 5.74) is 3.22. The Hall–Kier alpha value is -2.29. The van der Waals surface area contributed by atoms with E-state index in [1.165, 1.54) is 16.3 Å². The van der Waals surface area contributed by atoms with Crippen molar-refractivity contribution in [3.63, 3.8) is 0 Å². The lowest BCUT2D eigenvalue weighted by atomic mass is 9.97. The van der Waals surface area contributed by atoms with Crippen molar-refractivity contribution in [3.8, 4) is 11.3 Å². The van der Waals surface area contributed by atoms with E-state index in [0.29, 0.717) is 5.92 Å². The molecule has 0 bridgehead atoms. The normalized spacial score (nSPS) is 11.2. The van der Waals surface area contributed by atoms with Crippen LogP contribution >= 0.6 is 0 Å². The molecule has 0 N–H and O–H groups in total. The molecular weight excluding hydrogens is 258 g/mol. The smallest absolute Gasteiger partial charge is 0.127 e. The van der Waals surface area contributed by atoms with Crippen LogP contribution in [0.4, 0.5) is 0 Å². The molecule has 0 saturated heterocycles. The van der Waals surface area contributed by atoms with Crippen molar-refractivity contribution in [3.05, 3.63) is 54.2 Å². The number of hydrogen-bond acceptors (Lipinski definition) is 3. The maximum Gasteiger partial charge on any atom is 0.127 e. The molecule has 0 fully saturated rings. The van der Waals surface area contributed by atoms with Gasteiger partial charge in [-0.2, -0.15) is 0 Å². The van der Waals surface area contributed by atoms with Gasteiger partial charge < -0.3 is 0 Å². The molecular formula is C18H19N3. The maximum absolute atomic E-state index is 4.60. The van der Waals surface area contributed by atoms with Crippen LogP contribution in [0.5, 0.6) is 0 Å². The SMILES string of the molecule is CCc1ncc(-c2cc3cccc(C(C)C)c3cn2)cn1. The predicted molar refractivity (Wildman–Crippen MR) is 86.2 cm³/mol. The molecule has 106 valence electrons. The summed E-state index contributed by atoms with van der Waals surface area (Å²) in [4.78, 5) is 13.3. The fourth-order valence-electron chi connectivity index (χ4n) is 2.53. The number of pyridine rings is 1. The molecule has 2 heterocycles. The fraction of sp³-hybridized carbons (Fsp3) is 0.278. The molecule has 0 aliphatic carbocycles. The fourth-order valence-corrected chi connectivity index (χ4v) is 2.53. The molecule has 0 radical (unpaired) electrons. The lowest BCUT2D eigenvalue weighted by Crippen LogP contribution is -1.94. The number of hydrogen-bond donors (Lipinski definition) is 0. The van der Waals surface area contributed by atoms with Crippen LogP contribution in [0.1, 0.15) is 38.1 Å². The van der Waals surface area contributed by atoms with Crippen molar-refractivity contribution in [1.82, 2.24) is 15.0 Å². The van der Waals surface area contributed by atoms with Gasteiger partial charge in [0.15, 0.2) is 0 Å². The summed E-state index contributed by atoms with van der Waals surface area (Å²) in [5, 5.41) is 2.44. The van der Waals surface area contributed by atoms with E-state index in [2.05, 4.69) is 60.0 Å². The Balaban J connectivity index is 2.08. The Labute approximate surface area is 125 Å². The molecule has 0 unspecified atom stereocenters. The van der Waals surface area contributed by atoms with Gasteiger partial charge in [-0.05, 0) is 22.9 Å². The Bertz CT molecular complexity index is 761. The molecule has 0 amide bonds. The van der Waals surface area contributed by atoms with E-state index in [4.69, 9.17) is 0 Å². The molecule has 21 heavy (non-hydrogen) atoms. The third-order valence-corrected chi connectivity index (χ3v) is 3.74. The van der Waals surface area contributed by atoms with Gasteiger partial charge in [-0.1, -0.05) is 39.0 Å². The summed E-state index contributed by atoms with van der Waals surface area (Å²) in [6.07, 6.45) is 6.52. The summed E-state index contributed by atoms with van der Waals surface area (Å²) in [7, 11) is 0. The van der Waals surface area contributed by atoms with E-state index in [9.17, 15) is 0 Å². The minimum Gasteiger partial charge on any atom is -0.255 e. The first-order valence-corrected chi connectivity index (χ1v) is 7.39. The molecule has 3 aromatic rings. The summed E-state index contributed by atoms with van der Waals surface area (Å²) in [6.45, 7) is 6.47. The van der Waals surface area contributed by atoms with E-state index in [1.807, 2.05) is 18.6 Å². The first-order chi connectivity index (χ1) is 10.2. The molecule has 0 aliphatic rings. The van der Waals surface area contributed by atoms with Gasteiger partial charge in [0.1, 0.15) is 5.82 Å². The minimum atomic E-state index is 0.494. The zero-order valence-corrected chi connectivity index (χ0v) is 12.7. The number of benzene rings is 1. The van der Waals surface area contributed by atoms with Crippen molar-refractivity contribution < 1.29 is 0 Å². The summed E-state index contributed by atoms with van der Waals surface area (Å²) >= 11 is 0. The van der Waals surface area contributed by atoms with Crippen molar-refractivity contribution in [2.24, 2.45) is 0 Å². The van der Waals surface area contributed by atoms with Gasteiger partial charge in [-0.25, -0.2) is 9.97 Å². The number of fused-ring (bicyclic) bond motifs is 1. The Morgan fingerprint density at radius 1 is 1.00 bits per heavy atom. The zero-order valence-electron chi connectivity index (χ0n) is 12.7. The molecule has 0 spiro atoms. The average molecular weight is 277 g/mol. The molecule has 3 heteroatoms. The molecule has 3 rings (SSSR count). The average Bonchev–Trinajstić information content (AvgIpc) is 2.53. The molecule has 0 atom stereocenters. The van der Waals surface area contributed by atoms with Crippen LogP contribution in [-0.2, 0) is 6.42 Å². The highest BCUT2D eigenvalue weighted by Gasteiger charge is 2.07. The minimum absolute atomic E-state index is 0.494. The first-order valence-electron chi connectivity index (χ1n) is 7.39. The van der Waals surface area contributed by atoms with Gasteiger partial charge in [-0.15, -0.1) is 0 Å². The van der Waals surface area contributed by atoms with Crippen molar-refractivity contribution in [2.75, 3.05) is 0 Å². The Morgan fingerprint density at radius 3 is 2.43 bits per heavy atom. The van der Waals surface area contributed by atoms with Gasteiger partial charge >= 0.3 is 0 Å². The third kappa shape index (κ3) is 2.64. The highest BCUT2D eigenvalue weighted by molar-refractivity contribution is 5.88. The van der Waals surface area contributed by atoms with Crippen molar-refractivity contribution in [2.45, 2.75) is 33.1 Å². The highest BCUT2D eigenvalue weighted by Crippen LogP contribution is 2.27. The van der Waals surface area contributed by atoms with Crippen molar-refractivity contribution >= 4 is 10.8 Å². The van der Waals surface area contributed by atoms with Gasteiger partial charge in [0.25, 0.3) is 0 Å². The lowest BCUT2D eigenvalue weighted by Gasteiger charge is -2.10. The van der Waals surface area contributed by atoms with E-state index in [1.54, 1.807) is 0 Å². The van der Waals surface area contributed by atoms with Crippen LogP contribution in [0, 0.1) is 0 Å². The topological polar surface area (TPSA) is 38.7 Å². The van der Waals surface area contributed by atoms with E-state index < -0.39 is 0 Å². The zero-order chi connectivity index (χ0) is 14.8. The first kappa shape index (κ1) is 13.7. The van der Waals surface area contributed by atoms with Crippen molar-refractivity contribution in [1.29, 1.82) is 0 Å². The van der Waals surface area contributed by atoms with Crippen LogP contribution in [0.3, 0.4) is 0 Å². The second-order valence-corrected chi connectivity index (χ2v) is 5.53. The quantitative estimate of drug-likeness (QED) is 0.713. The number of aromatic nitrogens is 3. The van der Waals surface area contributed by atoms with Gasteiger partial charge in [-0.3, -0.25) is 4.98 Å². The van der Waals surface area contributed by atoms with Crippen LogP contribution in [0.15, 0.2) is 42.9 Å².